The summed E-state index contributed by atoms with van der Waals surface area (Å²) >= 11 is 0. The Morgan fingerprint density at radius 2 is 1.56 bits per heavy atom. The molecule has 1 aliphatic rings. The van der Waals surface area contributed by atoms with Gasteiger partial charge in [0.05, 0.1) is 0 Å². The molecule has 1 saturated heterocycles. The van der Waals surface area contributed by atoms with Crippen molar-refractivity contribution in [2.75, 3.05) is 33.2 Å². The summed E-state index contributed by atoms with van der Waals surface area (Å²) < 4.78 is 5.80. The molecule has 25 heavy (non-hydrogen) atoms. The first kappa shape index (κ1) is 17.5. The zero-order valence-corrected chi connectivity index (χ0v) is 14.7. The van der Waals surface area contributed by atoms with Gasteiger partial charge in [0.15, 0.2) is 0 Å². The van der Waals surface area contributed by atoms with Gasteiger partial charge < -0.3 is 15.4 Å². The Kier molecular flexibility index (Phi) is 5.68. The van der Waals surface area contributed by atoms with E-state index in [9.17, 15) is 0 Å². The zero-order chi connectivity index (χ0) is 17.6. The van der Waals surface area contributed by atoms with Gasteiger partial charge in [0, 0.05) is 38.3 Å². The van der Waals surface area contributed by atoms with Crippen molar-refractivity contribution in [2.45, 2.75) is 13.2 Å². The molecule has 0 amide bonds. The Bertz CT molecular complexity index is 689. The minimum atomic E-state index is 0.0717. The minimum absolute atomic E-state index is 0.0717. The Hall–Kier alpha value is -2.37. The molecule has 3 N–H and O–H groups in total. The average Bonchev–Trinajstić information content (AvgIpc) is 2.63. The summed E-state index contributed by atoms with van der Waals surface area (Å²) in [5.41, 5.74) is 8.66. The smallest absolute Gasteiger partial charge is 0.122 e. The topological polar surface area (TPSA) is 65.6 Å². The quantitative estimate of drug-likeness (QED) is 0.626. The van der Waals surface area contributed by atoms with Gasteiger partial charge >= 0.3 is 0 Å². The Morgan fingerprint density at radius 1 is 0.960 bits per heavy atom. The zero-order valence-electron chi connectivity index (χ0n) is 14.7. The Labute approximate surface area is 149 Å². The van der Waals surface area contributed by atoms with Gasteiger partial charge in [0.1, 0.15) is 18.2 Å². The van der Waals surface area contributed by atoms with Crippen LogP contribution in [-0.4, -0.2) is 48.9 Å². The fourth-order valence-electron chi connectivity index (χ4n) is 2.90. The predicted molar refractivity (Wildman–Crippen MR) is 101 cm³/mol. The number of amidine groups is 1. The number of hydrogen-bond acceptors (Lipinski definition) is 4. The molecule has 5 heteroatoms. The maximum absolute atomic E-state index is 7.40. The van der Waals surface area contributed by atoms with Gasteiger partial charge in [-0.2, -0.15) is 0 Å². The van der Waals surface area contributed by atoms with E-state index >= 15 is 0 Å². The summed E-state index contributed by atoms with van der Waals surface area (Å²) in [5.74, 6) is 0.856. The van der Waals surface area contributed by atoms with Crippen LogP contribution in [0.25, 0.3) is 0 Å². The fourth-order valence-corrected chi connectivity index (χ4v) is 2.90. The molecule has 0 aromatic heterocycles. The summed E-state index contributed by atoms with van der Waals surface area (Å²) in [7, 11) is 2.18. The van der Waals surface area contributed by atoms with E-state index in [2.05, 4.69) is 41.1 Å². The van der Waals surface area contributed by atoms with E-state index in [1.165, 1.54) is 5.56 Å². The van der Waals surface area contributed by atoms with Gasteiger partial charge in [-0.05, 0) is 42.4 Å². The summed E-state index contributed by atoms with van der Waals surface area (Å²) in [6, 6.07) is 15.9. The van der Waals surface area contributed by atoms with Crippen molar-refractivity contribution in [3.8, 4) is 5.75 Å². The first-order chi connectivity index (χ1) is 12.1. The first-order valence-corrected chi connectivity index (χ1v) is 8.66. The largest absolute Gasteiger partial charge is 0.489 e. The maximum atomic E-state index is 7.40. The van der Waals surface area contributed by atoms with Crippen molar-refractivity contribution in [2.24, 2.45) is 5.73 Å². The minimum Gasteiger partial charge on any atom is -0.489 e. The van der Waals surface area contributed by atoms with E-state index in [1.54, 1.807) is 12.1 Å². The van der Waals surface area contributed by atoms with Crippen LogP contribution < -0.4 is 10.5 Å². The van der Waals surface area contributed by atoms with Crippen molar-refractivity contribution >= 4 is 5.84 Å². The molecule has 2 aromatic rings. The van der Waals surface area contributed by atoms with Crippen LogP contribution in [0.1, 0.15) is 16.7 Å². The molecule has 0 saturated carbocycles. The number of hydrogen-bond donors (Lipinski definition) is 2. The van der Waals surface area contributed by atoms with E-state index in [4.69, 9.17) is 15.9 Å². The number of rotatable bonds is 6. The number of nitrogens with zero attached hydrogens (tertiary/aromatic N) is 2. The number of likely N-dealkylation sites (N-methyl/N-ethyl adjacent to an activating group) is 1. The van der Waals surface area contributed by atoms with Crippen LogP contribution in [0.2, 0.25) is 0 Å². The lowest BCUT2D eigenvalue weighted by Crippen LogP contribution is -2.43. The molecule has 1 aliphatic heterocycles. The van der Waals surface area contributed by atoms with Crippen LogP contribution in [-0.2, 0) is 13.2 Å². The van der Waals surface area contributed by atoms with Crippen molar-refractivity contribution in [3.63, 3.8) is 0 Å². The highest BCUT2D eigenvalue weighted by Gasteiger charge is 2.13. The third kappa shape index (κ3) is 5.05. The number of nitrogens with two attached hydrogens (primary N) is 1. The number of ether oxygens (including phenoxy) is 1. The summed E-state index contributed by atoms with van der Waals surface area (Å²) in [6.45, 7) is 6.12. The van der Waals surface area contributed by atoms with Gasteiger partial charge in [-0.3, -0.25) is 10.3 Å². The number of nitrogens with one attached hydrogen (secondary N) is 1. The van der Waals surface area contributed by atoms with Gasteiger partial charge in [-0.1, -0.05) is 24.3 Å². The number of nitrogen functional groups attached to an aromatic ring is 1. The summed E-state index contributed by atoms with van der Waals surface area (Å²) in [5, 5.41) is 7.40. The van der Waals surface area contributed by atoms with Gasteiger partial charge in [-0.15, -0.1) is 0 Å². The van der Waals surface area contributed by atoms with Crippen molar-refractivity contribution in [1.29, 1.82) is 5.41 Å². The van der Waals surface area contributed by atoms with Crippen molar-refractivity contribution < 1.29 is 4.74 Å². The molecule has 0 aliphatic carbocycles. The van der Waals surface area contributed by atoms with Crippen LogP contribution in [0, 0.1) is 5.41 Å². The molecule has 0 radical (unpaired) electrons. The molecule has 1 heterocycles. The lowest BCUT2D eigenvalue weighted by atomic mass is 10.1. The maximum Gasteiger partial charge on any atom is 0.122 e. The Morgan fingerprint density at radius 3 is 2.16 bits per heavy atom. The van der Waals surface area contributed by atoms with E-state index in [1.807, 2.05) is 12.1 Å². The van der Waals surface area contributed by atoms with Crippen LogP contribution >= 0.6 is 0 Å². The highest BCUT2D eigenvalue weighted by atomic mass is 16.5. The highest BCUT2D eigenvalue weighted by Crippen LogP contribution is 2.15. The molecule has 132 valence electrons. The van der Waals surface area contributed by atoms with Crippen LogP contribution in [0.3, 0.4) is 0 Å². The molecule has 5 nitrogen and oxygen atoms in total. The fraction of sp³-hybridized carbons (Fsp3) is 0.350. The first-order valence-electron chi connectivity index (χ1n) is 8.66. The average molecular weight is 338 g/mol. The molecule has 0 unspecified atom stereocenters. The van der Waals surface area contributed by atoms with E-state index in [0.29, 0.717) is 12.2 Å². The normalized spacial score (nSPS) is 15.9. The second kappa shape index (κ2) is 8.14. The molecule has 0 atom stereocenters. The molecular formula is C20H26N4O. The highest BCUT2D eigenvalue weighted by molar-refractivity contribution is 5.94. The summed E-state index contributed by atoms with van der Waals surface area (Å²) in [4.78, 5) is 4.88. The second-order valence-electron chi connectivity index (χ2n) is 6.62. The Balaban J connectivity index is 1.49. The van der Waals surface area contributed by atoms with Crippen molar-refractivity contribution in [1.82, 2.24) is 9.80 Å². The SMILES string of the molecule is CN1CCN(Cc2ccc(COc3ccc(C(=N)N)cc3)cc2)CC1. The molecule has 0 bridgehead atoms. The molecular weight excluding hydrogens is 312 g/mol. The number of piperazine rings is 1. The lowest BCUT2D eigenvalue weighted by Gasteiger charge is -2.32. The van der Waals surface area contributed by atoms with Gasteiger partial charge in [0.25, 0.3) is 0 Å². The van der Waals surface area contributed by atoms with Gasteiger partial charge in [-0.25, -0.2) is 0 Å². The van der Waals surface area contributed by atoms with E-state index in [0.717, 1.165) is 44.0 Å². The summed E-state index contributed by atoms with van der Waals surface area (Å²) in [6.07, 6.45) is 0. The van der Waals surface area contributed by atoms with Crippen LogP contribution in [0.15, 0.2) is 48.5 Å². The molecule has 2 aromatic carbocycles. The standard InChI is InChI=1S/C20H26N4O/c1-23-10-12-24(13-11-23)14-16-2-4-17(5-3-16)15-25-19-8-6-18(7-9-19)20(21)22/h2-9H,10-15H2,1H3,(H3,21,22). The molecule has 3 rings (SSSR count). The van der Waals surface area contributed by atoms with Crippen molar-refractivity contribution in [3.05, 3.63) is 65.2 Å². The third-order valence-corrected chi connectivity index (χ3v) is 4.60. The van der Waals surface area contributed by atoms with Crippen LogP contribution in [0.4, 0.5) is 0 Å². The monoisotopic (exact) mass is 338 g/mol. The molecule has 1 fully saturated rings. The third-order valence-electron chi connectivity index (χ3n) is 4.60. The molecule has 0 spiro atoms. The second-order valence-corrected chi connectivity index (χ2v) is 6.62. The predicted octanol–water partition coefficient (Wildman–Crippen LogP) is 2.30. The van der Waals surface area contributed by atoms with E-state index in [-0.39, 0.29) is 5.84 Å². The lowest BCUT2D eigenvalue weighted by molar-refractivity contribution is 0.148. The number of benzene rings is 2. The van der Waals surface area contributed by atoms with Gasteiger partial charge in [0.2, 0.25) is 0 Å². The van der Waals surface area contributed by atoms with Crippen LogP contribution in [0.5, 0.6) is 5.75 Å². The van der Waals surface area contributed by atoms with E-state index < -0.39 is 0 Å².